The van der Waals surface area contributed by atoms with Crippen molar-refractivity contribution in [2.45, 2.75) is 94.0 Å². The highest BCUT2D eigenvalue weighted by Crippen LogP contribution is 2.43. The van der Waals surface area contributed by atoms with Crippen molar-refractivity contribution in [3.05, 3.63) is 35.6 Å². The van der Waals surface area contributed by atoms with E-state index >= 15 is 0 Å². The van der Waals surface area contributed by atoms with E-state index in [0.717, 1.165) is 12.3 Å². The molecule has 3 atom stereocenters. The first kappa shape index (κ1) is 27.4. The van der Waals surface area contributed by atoms with E-state index < -0.39 is 0 Å². The van der Waals surface area contributed by atoms with Crippen LogP contribution in [0.1, 0.15) is 88.5 Å². The molecule has 0 aromatic rings. The lowest BCUT2D eigenvalue weighted by Gasteiger charge is -2.34. The maximum Gasteiger partial charge on any atom is 0.0756 e. The fourth-order valence-electron chi connectivity index (χ4n) is 3.78. The van der Waals surface area contributed by atoms with Gasteiger partial charge in [-0.25, -0.2) is 0 Å². The summed E-state index contributed by atoms with van der Waals surface area (Å²) in [6, 6.07) is 0. The van der Waals surface area contributed by atoms with Gasteiger partial charge in [-0.1, -0.05) is 64.3 Å². The third kappa shape index (κ3) is 8.13. The lowest BCUT2D eigenvalue weighted by atomic mass is 9.79. The third-order valence-corrected chi connectivity index (χ3v) is 5.00. The van der Waals surface area contributed by atoms with Gasteiger partial charge in [0.25, 0.3) is 0 Å². The van der Waals surface area contributed by atoms with Crippen molar-refractivity contribution in [2.24, 2.45) is 11.3 Å². The van der Waals surface area contributed by atoms with E-state index in [-0.39, 0.29) is 18.4 Å². The number of rotatable bonds is 7. The molecule has 0 spiro atoms. The Kier molecular flexibility index (Phi) is 13.5. The zero-order valence-corrected chi connectivity index (χ0v) is 18.3. The number of allylic oxidation sites excluding steroid dienone is 4. The Bertz CT molecular complexity index is 617. The van der Waals surface area contributed by atoms with Crippen LogP contribution in [0.3, 0.4) is 0 Å². The topological polar surface area (TPSA) is 12.0 Å². The molecule has 0 aliphatic heterocycles. The van der Waals surface area contributed by atoms with Crippen LogP contribution in [0, 0.1) is 35.5 Å². The van der Waals surface area contributed by atoms with Crippen molar-refractivity contribution in [3.8, 4) is 24.2 Å². The van der Waals surface area contributed by atoms with Crippen LogP contribution >= 0.6 is 0 Å². The summed E-state index contributed by atoms with van der Waals surface area (Å²) in [5.74, 6) is 9.50. The molecule has 27 heavy (non-hydrogen) atoms. The molecule has 1 aliphatic rings. The van der Waals surface area contributed by atoms with E-state index in [1.54, 1.807) is 6.92 Å². The quantitative estimate of drug-likeness (QED) is 0.367. The maximum absolute atomic E-state index is 4.60. The van der Waals surface area contributed by atoms with Crippen LogP contribution in [0.15, 0.2) is 35.6 Å². The molecule has 1 rings (SSSR count). The molecule has 0 fully saturated rings. The lowest BCUT2D eigenvalue weighted by Crippen LogP contribution is -2.42. The Morgan fingerprint density at radius 3 is 2.26 bits per heavy atom. The molecule has 152 valence electrons. The summed E-state index contributed by atoms with van der Waals surface area (Å²) >= 11 is 0. The Hall–Kier alpha value is -1.86. The fourth-order valence-corrected chi connectivity index (χ4v) is 3.78. The second-order valence-electron chi connectivity index (χ2n) is 7.48. The standard InChI is InChI=1S/C22H35N.C3H4.CH4/c1-8-12-18(5)13-14-19(10-3)23-22(7)17-16-21(6,15-9-2)20(22)11-4;1-3-2;/h10-11,16-18,23H,8,12-14H2,1-7H3;1H,2H3;1H4/b19-10+,20-11?;;. The number of nitrogens with one attached hydrogen (secondary N) is 1. The smallest absolute Gasteiger partial charge is 0.0756 e. The Morgan fingerprint density at radius 1 is 1.22 bits per heavy atom. The zero-order chi connectivity index (χ0) is 20.2. The van der Waals surface area contributed by atoms with Gasteiger partial charge in [0.1, 0.15) is 0 Å². The zero-order valence-electron chi connectivity index (χ0n) is 18.3. The summed E-state index contributed by atoms with van der Waals surface area (Å²) in [6.45, 7) is 16.9. The van der Waals surface area contributed by atoms with E-state index in [2.05, 4.69) is 95.3 Å². The molecule has 0 saturated carbocycles. The largest absolute Gasteiger partial charge is 0.376 e. The van der Waals surface area contributed by atoms with E-state index in [9.17, 15) is 0 Å². The fraction of sp³-hybridized carbons (Fsp3) is 0.615. The summed E-state index contributed by atoms with van der Waals surface area (Å²) < 4.78 is 0. The molecular weight excluding hydrogens is 326 g/mol. The van der Waals surface area contributed by atoms with Crippen molar-refractivity contribution in [1.29, 1.82) is 0 Å². The number of terminal acetylenes is 1. The highest BCUT2D eigenvalue weighted by molar-refractivity contribution is 5.49. The highest BCUT2D eigenvalue weighted by atomic mass is 15.0. The first-order valence-corrected chi connectivity index (χ1v) is 9.89. The molecule has 0 radical (unpaired) electrons. The molecule has 1 aliphatic carbocycles. The van der Waals surface area contributed by atoms with Crippen LogP contribution in [-0.2, 0) is 0 Å². The molecule has 0 bridgehead atoms. The second-order valence-corrected chi connectivity index (χ2v) is 7.48. The first-order chi connectivity index (χ1) is 12.3. The molecule has 1 heteroatoms. The molecule has 0 saturated heterocycles. The van der Waals surface area contributed by atoms with Gasteiger partial charge in [0, 0.05) is 5.70 Å². The minimum Gasteiger partial charge on any atom is -0.376 e. The van der Waals surface area contributed by atoms with Crippen molar-refractivity contribution in [3.63, 3.8) is 0 Å². The van der Waals surface area contributed by atoms with Gasteiger partial charge in [-0.3, -0.25) is 0 Å². The van der Waals surface area contributed by atoms with Gasteiger partial charge in [-0.05, 0) is 65.9 Å². The van der Waals surface area contributed by atoms with Crippen molar-refractivity contribution >= 4 is 0 Å². The third-order valence-electron chi connectivity index (χ3n) is 5.00. The predicted octanol–water partition coefficient (Wildman–Crippen LogP) is 7.28. The van der Waals surface area contributed by atoms with E-state index in [1.165, 1.54) is 30.5 Å². The number of hydrogen-bond acceptors (Lipinski definition) is 1. The van der Waals surface area contributed by atoms with E-state index in [4.69, 9.17) is 0 Å². The van der Waals surface area contributed by atoms with Crippen molar-refractivity contribution in [2.75, 3.05) is 0 Å². The van der Waals surface area contributed by atoms with Gasteiger partial charge in [-0.2, -0.15) is 0 Å². The summed E-state index contributed by atoms with van der Waals surface area (Å²) in [6.07, 6.45) is 18.5. The van der Waals surface area contributed by atoms with E-state index in [0.29, 0.717) is 0 Å². The molecule has 0 aromatic heterocycles. The molecule has 3 unspecified atom stereocenters. The monoisotopic (exact) mass is 369 g/mol. The van der Waals surface area contributed by atoms with E-state index in [1.807, 2.05) is 6.92 Å². The minimum absolute atomic E-state index is 0. The lowest BCUT2D eigenvalue weighted by molar-refractivity contribution is 0.456. The van der Waals surface area contributed by atoms with Gasteiger partial charge in [0.2, 0.25) is 0 Å². The summed E-state index contributed by atoms with van der Waals surface area (Å²) in [5, 5.41) is 3.79. The van der Waals surface area contributed by atoms with Gasteiger partial charge in [0.15, 0.2) is 0 Å². The Morgan fingerprint density at radius 2 is 1.81 bits per heavy atom. The summed E-state index contributed by atoms with van der Waals surface area (Å²) in [4.78, 5) is 0. The van der Waals surface area contributed by atoms with Crippen LogP contribution < -0.4 is 5.32 Å². The first-order valence-electron chi connectivity index (χ1n) is 9.89. The van der Waals surface area contributed by atoms with Gasteiger partial charge in [0.05, 0.1) is 11.0 Å². The van der Waals surface area contributed by atoms with Gasteiger partial charge >= 0.3 is 0 Å². The van der Waals surface area contributed by atoms with Crippen LogP contribution in [0.2, 0.25) is 0 Å². The van der Waals surface area contributed by atoms with Crippen LogP contribution in [0.5, 0.6) is 0 Å². The normalized spacial score (nSPS) is 26.0. The highest BCUT2D eigenvalue weighted by Gasteiger charge is 2.42. The van der Waals surface area contributed by atoms with Crippen LogP contribution in [0.4, 0.5) is 0 Å². The Labute approximate surface area is 170 Å². The molecule has 1 nitrogen and oxygen atoms in total. The molecular formula is C26H43N. The molecule has 0 amide bonds. The second kappa shape index (κ2) is 13.3. The summed E-state index contributed by atoms with van der Waals surface area (Å²) in [7, 11) is 0. The molecule has 0 aromatic carbocycles. The average molecular weight is 370 g/mol. The van der Waals surface area contributed by atoms with Crippen molar-refractivity contribution in [1.82, 2.24) is 5.32 Å². The SMILES string of the molecule is C.C#CC.CC#CC1(C)C=CC(C)(N/C(=C/C)CCC(C)CCC)C1=CC. The Balaban J connectivity index is 0. The van der Waals surface area contributed by atoms with Crippen LogP contribution in [-0.4, -0.2) is 5.54 Å². The molecule has 1 N–H and O–H groups in total. The average Bonchev–Trinajstić information content (AvgIpc) is 2.83. The summed E-state index contributed by atoms with van der Waals surface area (Å²) in [5.41, 5.74) is 2.40. The predicted molar refractivity (Wildman–Crippen MR) is 124 cm³/mol. The van der Waals surface area contributed by atoms with Gasteiger partial charge < -0.3 is 5.32 Å². The minimum atomic E-state index is -0.153. The van der Waals surface area contributed by atoms with Crippen molar-refractivity contribution < 1.29 is 0 Å². The maximum atomic E-state index is 4.60. The number of hydrogen-bond donors (Lipinski definition) is 1. The van der Waals surface area contributed by atoms with Crippen LogP contribution in [0.25, 0.3) is 0 Å². The van der Waals surface area contributed by atoms with Gasteiger partial charge in [-0.15, -0.1) is 18.3 Å². The molecule has 0 heterocycles.